The second-order valence-electron chi connectivity index (χ2n) is 6.21. The summed E-state index contributed by atoms with van der Waals surface area (Å²) in [5.74, 6) is 1.38. The second-order valence-corrected chi connectivity index (χ2v) is 6.21. The van der Waals surface area contributed by atoms with E-state index in [2.05, 4.69) is 4.90 Å². The zero-order valence-corrected chi connectivity index (χ0v) is 12.7. The maximum absolute atomic E-state index is 13.0. The number of hydrogen-bond acceptors (Lipinski definition) is 3. The summed E-state index contributed by atoms with van der Waals surface area (Å²) in [5.41, 5.74) is 7.06. The number of nitrogens with zero attached hydrogens (tertiary/aromatic N) is 1. The monoisotopic (exact) mass is 288 g/mol. The molecule has 1 aromatic rings. The quantitative estimate of drug-likeness (QED) is 0.851. The molecule has 2 aliphatic rings. The Hall–Kier alpha value is -1.71. The standard InChI is InChI=1S/C17H24N2O2/c1-21-16-9-8-13(18)11-14(16)17(20)19-10-4-6-12-5-2-3-7-15(12)19/h8-9,11-12,15H,2-7,10,18H2,1H3/t12-,15-/m1/s1. The molecule has 0 radical (unpaired) electrons. The Kier molecular flexibility index (Phi) is 4.04. The normalized spacial score (nSPS) is 25.3. The van der Waals surface area contributed by atoms with Crippen LogP contribution >= 0.6 is 0 Å². The molecule has 0 bridgehead atoms. The van der Waals surface area contributed by atoms with Crippen LogP contribution in [0.2, 0.25) is 0 Å². The zero-order chi connectivity index (χ0) is 14.8. The third-order valence-corrected chi connectivity index (χ3v) is 4.96. The summed E-state index contributed by atoms with van der Waals surface area (Å²) < 4.78 is 5.35. The van der Waals surface area contributed by atoms with Gasteiger partial charge in [-0.25, -0.2) is 0 Å². The van der Waals surface area contributed by atoms with Gasteiger partial charge in [-0.05, 0) is 49.8 Å². The van der Waals surface area contributed by atoms with Crippen molar-refractivity contribution in [3.8, 4) is 5.75 Å². The van der Waals surface area contributed by atoms with Crippen molar-refractivity contribution >= 4 is 11.6 Å². The Balaban J connectivity index is 1.88. The molecule has 21 heavy (non-hydrogen) atoms. The van der Waals surface area contributed by atoms with Gasteiger partial charge in [0.1, 0.15) is 5.75 Å². The molecule has 4 nitrogen and oxygen atoms in total. The lowest BCUT2D eigenvalue weighted by Gasteiger charge is -2.44. The molecule has 2 fully saturated rings. The third kappa shape index (κ3) is 2.71. The van der Waals surface area contributed by atoms with Crippen LogP contribution in [0.15, 0.2) is 18.2 Å². The predicted octanol–water partition coefficient (Wildman–Crippen LogP) is 3.07. The lowest BCUT2D eigenvalue weighted by molar-refractivity contribution is 0.0388. The van der Waals surface area contributed by atoms with Gasteiger partial charge in [-0.3, -0.25) is 4.79 Å². The molecule has 1 aliphatic heterocycles. The number of amides is 1. The van der Waals surface area contributed by atoms with Crippen LogP contribution in [-0.2, 0) is 0 Å². The molecule has 1 saturated heterocycles. The van der Waals surface area contributed by atoms with Gasteiger partial charge in [0, 0.05) is 18.3 Å². The molecule has 3 rings (SSSR count). The molecule has 1 saturated carbocycles. The fourth-order valence-electron chi connectivity index (χ4n) is 3.92. The van der Waals surface area contributed by atoms with Crippen LogP contribution in [-0.4, -0.2) is 30.5 Å². The van der Waals surface area contributed by atoms with Crippen LogP contribution in [0, 0.1) is 5.92 Å². The van der Waals surface area contributed by atoms with Gasteiger partial charge in [0.2, 0.25) is 0 Å². The number of hydrogen-bond donors (Lipinski definition) is 1. The van der Waals surface area contributed by atoms with Crippen LogP contribution in [0.4, 0.5) is 5.69 Å². The molecule has 1 aliphatic carbocycles. The molecule has 0 aromatic heterocycles. The Labute approximate surface area is 126 Å². The smallest absolute Gasteiger partial charge is 0.257 e. The number of piperidine rings is 1. The van der Waals surface area contributed by atoms with Crippen molar-refractivity contribution in [3.05, 3.63) is 23.8 Å². The number of fused-ring (bicyclic) bond motifs is 1. The number of rotatable bonds is 2. The number of likely N-dealkylation sites (tertiary alicyclic amines) is 1. The lowest BCUT2D eigenvalue weighted by atomic mass is 9.78. The minimum atomic E-state index is 0.0794. The van der Waals surface area contributed by atoms with Gasteiger partial charge < -0.3 is 15.4 Å². The largest absolute Gasteiger partial charge is 0.496 e. The molecule has 1 aromatic carbocycles. The average Bonchev–Trinajstić information content (AvgIpc) is 2.53. The molecular weight excluding hydrogens is 264 g/mol. The van der Waals surface area contributed by atoms with Crippen molar-refractivity contribution in [2.45, 2.75) is 44.6 Å². The Morgan fingerprint density at radius 2 is 2.00 bits per heavy atom. The first-order chi connectivity index (χ1) is 10.2. The summed E-state index contributed by atoms with van der Waals surface area (Å²) in [6.45, 7) is 0.859. The van der Waals surface area contributed by atoms with E-state index in [-0.39, 0.29) is 5.91 Å². The summed E-state index contributed by atoms with van der Waals surface area (Å²) in [5, 5.41) is 0. The molecule has 0 unspecified atom stereocenters. The molecule has 2 atom stereocenters. The number of carbonyl (C=O) groups is 1. The maximum atomic E-state index is 13.0. The fourth-order valence-corrected chi connectivity index (χ4v) is 3.92. The predicted molar refractivity (Wildman–Crippen MR) is 83.4 cm³/mol. The van der Waals surface area contributed by atoms with E-state index in [9.17, 15) is 4.79 Å². The van der Waals surface area contributed by atoms with Crippen molar-refractivity contribution in [3.63, 3.8) is 0 Å². The van der Waals surface area contributed by atoms with E-state index in [0.29, 0.717) is 29.0 Å². The van der Waals surface area contributed by atoms with E-state index in [0.717, 1.165) is 19.4 Å². The molecule has 4 heteroatoms. The molecule has 1 heterocycles. The highest BCUT2D eigenvalue weighted by Crippen LogP contribution is 2.36. The average molecular weight is 288 g/mol. The number of carbonyl (C=O) groups excluding carboxylic acids is 1. The van der Waals surface area contributed by atoms with Gasteiger partial charge in [-0.2, -0.15) is 0 Å². The van der Waals surface area contributed by atoms with Crippen LogP contribution in [0.25, 0.3) is 0 Å². The van der Waals surface area contributed by atoms with Crippen LogP contribution in [0.1, 0.15) is 48.9 Å². The van der Waals surface area contributed by atoms with Crippen LogP contribution in [0.3, 0.4) is 0 Å². The highest BCUT2D eigenvalue weighted by molar-refractivity contribution is 5.98. The van der Waals surface area contributed by atoms with Crippen molar-refractivity contribution < 1.29 is 9.53 Å². The van der Waals surface area contributed by atoms with Crippen LogP contribution in [0.5, 0.6) is 5.75 Å². The van der Waals surface area contributed by atoms with Gasteiger partial charge >= 0.3 is 0 Å². The number of nitrogen functional groups attached to an aromatic ring is 1. The first-order valence-corrected chi connectivity index (χ1v) is 7.95. The number of methoxy groups -OCH3 is 1. The summed E-state index contributed by atoms with van der Waals surface area (Å²) >= 11 is 0. The van der Waals surface area contributed by atoms with Gasteiger partial charge in [-0.1, -0.05) is 12.8 Å². The third-order valence-electron chi connectivity index (χ3n) is 4.96. The van der Waals surface area contributed by atoms with E-state index in [1.165, 1.54) is 25.7 Å². The van der Waals surface area contributed by atoms with Crippen molar-refractivity contribution in [2.75, 3.05) is 19.4 Å². The number of ether oxygens (including phenoxy) is 1. The highest BCUT2D eigenvalue weighted by Gasteiger charge is 2.36. The zero-order valence-electron chi connectivity index (χ0n) is 12.7. The number of anilines is 1. The minimum Gasteiger partial charge on any atom is -0.496 e. The van der Waals surface area contributed by atoms with E-state index in [4.69, 9.17) is 10.5 Å². The molecule has 1 amide bonds. The summed E-state index contributed by atoms with van der Waals surface area (Å²) in [4.78, 5) is 15.1. The van der Waals surface area contributed by atoms with Gasteiger partial charge in [0.15, 0.2) is 0 Å². The van der Waals surface area contributed by atoms with Gasteiger partial charge in [0.05, 0.1) is 12.7 Å². The van der Waals surface area contributed by atoms with E-state index in [1.54, 1.807) is 25.3 Å². The van der Waals surface area contributed by atoms with Crippen LogP contribution < -0.4 is 10.5 Å². The summed E-state index contributed by atoms with van der Waals surface area (Å²) in [6, 6.07) is 5.71. The Morgan fingerprint density at radius 1 is 1.24 bits per heavy atom. The van der Waals surface area contributed by atoms with Crippen molar-refractivity contribution in [2.24, 2.45) is 5.92 Å². The molecule has 0 spiro atoms. The minimum absolute atomic E-state index is 0.0794. The Morgan fingerprint density at radius 3 is 2.81 bits per heavy atom. The van der Waals surface area contributed by atoms with Crippen molar-refractivity contribution in [1.29, 1.82) is 0 Å². The SMILES string of the molecule is COc1ccc(N)cc1C(=O)N1CCC[C@H]2CCCC[C@H]21. The molecule has 114 valence electrons. The summed E-state index contributed by atoms with van der Waals surface area (Å²) in [7, 11) is 1.60. The van der Waals surface area contributed by atoms with E-state index >= 15 is 0 Å². The van der Waals surface area contributed by atoms with Crippen molar-refractivity contribution in [1.82, 2.24) is 4.90 Å². The lowest BCUT2D eigenvalue weighted by Crippen LogP contribution is -2.49. The first-order valence-electron chi connectivity index (χ1n) is 7.95. The number of benzene rings is 1. The maximum Gasteiger partial charge on any atom is 0.257 e. The van der Waals surface area contributed by atoms with E-state index < -0.39 is 0 Å². The van der Waals surface area contributed by atoms with Gasteiger partial charge in [-0.15, -0.1) is 0 Å². The second kappa shape index (κ2) is 5.96. The fraction of sp³-hybridized carbons (Fsp3) is 0.588. The van der Waals surface area contributed by atoms with E-state index in [1.807, 2.05) is 0 Å². The molecular formula is C17H24N2O2. The van der Waals surface area contributed by atoms with Gasteiger partial charge in [0.25, 0.3) is 5.91 Å². The first kappa shape index (κ1) is 14.2. The number of nitrogens with two attached hydrogens (primary N) is 1. The topological polar surface area (TPSA) is 55.6 Å². The Bertz CT molecular complexity index is 528. The molecule has 2 N–H and O–H groups in total. The summed E-state index contributed by atoms with van der Waals surface area (Å²) in [6.07, 6.45) is 7.33. The highest BCUT2D eigenvalue weighted by atomic mass is 16.5.